The van der Waals surface area contributed by atoms with E-state index < -0.39 is 15.9 Å². The fourth-order valence-electron chi connectivity index (χ4n) is 8.40. The number of carbonyl (C=O) groups is 3. The van der Waals surface area contributed by atoms with Gasteiger partial charge in [-0.3, -0.25) is 24.2 Å². The van der Waals surface area contributed by atoms with Gasteiger partial charge in [-0.05, 0) is 78.4 Å². The summed E-state index contributed by atoms with van der Waals surface area (Å²) in [5.41, 5.74) is 3.02. The number of nitrogens with zero attached hydrogens (tertiary/aromatic N) is 6. The highest BCUT2D eigenvalue weighted by Gasteiger charge is 2.35. The number of aliphatic hydroxyl groups excluding tert-OH is 1. The van der Waals surface area contributed by atoms with Gasteiger partial charge in [0.25, 0.3) is 27.7 Å². The van der Waals surface area contributed by atoms with E-state index in [9.17, 15) is 23.1 Å². The molecule has 0 bridgehead atoms. The van der Waals surface area contributed by atoms with Crippen molar-refractivity contribution in [2.45, 2.75) is 70.4 Å². The van der Waals surface area contributed by atoms with Crippen molar-refractivity contribution in [2.75, 3.05) is 59.0 Å². The number of unbranched alkanes of at least 4 members (excludes halogenated alkanes) is 2. The van der Waals surface area contributed by atoms with Gasteiger partial charge in [-0.2, -0.15) is 5.10 Å². The molecule has 15 heteroatoms. The molecule has 5 aromatic rings. The standard InChI is InChI=1S/C47H56ClN7O6S/c1-4-6-20-53(21-7-5-2)47(59)44-43(48)33(3)55(49-44)42-19-17-37(45(57)50-62(60,61)40-18-16-34-12-8-9-14-36(34)29-40)30-41(42)46(58)54-31-38-15-11-10-13-35(38)28-39(54)32-52-24-22-51(23-25-52)26-27-56/h8-19,29-30,39,56H,4-7,20-28,31-32H2,1-3H3,(H,50,57)/t39-/m0/s1. The van der Waals surface area contributed by atoms with E-state index >= 15 is 4.79 Å². The van der Waals surface area contributed by atoms with Gasteiger partial charge >= 0.3 is 0 Å². The first-order valence-electron chi connectivity index (χ1n) is 21.6. The predicted molar refractivity (Wildman–Crippen MR) is 241 cm³/mol. The molecule has 3 heterocycles. The van der Waals surface area contributed by atoms with Gasteiger partial charge in [-0.25, -0.2) is 17.8 Å². The molecule has 1 saturated heterocycles. The Bertz CT molecular complexity index is 2530. The molecule has 0 spiro atoms. The van der Waals surface area contributed by atoms with Crippen LogP contribution in [0.15, 0.2) is 89.8 Å². The van der Waals surface area contributed by atoms with E-state index in [2.05, 4.69) is 34.4 Å². The first-order valence-corrected chi connectivity index (χ1v) is 23.5. The topological polar surface area (TPSA) is 148 Å². The van der Waals surface area contributed by atoms with Gasteiger partial charge in [0.1, 0.15) is 0 Å². The summed E-state index contributed by atoms with van der Waals surface area (Å²) in [6.45, 7) is 11.8. The molecule has 0 radical (unpaired) electrons. The molecular formula is C47H56ClN7O6S. The minimum absolute atomic E-state index is 0.0482. The lowest BCUT2D eigenvalue weighted by molar-refractivity contribution is 0.0505. The van der Waals surface area contributed by atoms with Crippen LogP contribution < -0.4 is 4.72 Å². The van der Waals surface area contributed by atoms with Crippen molar-refractivity contribution in [3.05, 3.63) is 124 Å². The third-order valence-electron chi connectivity index (χ3n) is 12.0. The Kier molecular flexibility index (Phi) is 14.4. The molecule has 1 atom stereocenters. The molecule has 0 unspecified atom stereocenters. The highest BCUT2D eigenvalue weighted by Crippen LogP contribution is 2.31. The normalized spacial score (nSPS) is 16.0. The number of piperazine rings is 1. The molecule has 2 aliphatic rings. The Balaban J connectivity index is 1.28. The van der Waals surface area contributed by atoms with Crippen LogP contribution in [-0.4, -0.2) is 126 Å². The fourth-order valence-corrected chi connectivity index (χ4v) is 9.61. The van der Waals surface area contributed by atoms with Gasteiger partial charge in [0.05, 0.1) is 33.5 Å². The summed E-state index contributed by atoms with van der Waals surface area (Å²) in [7, 11) is -4.32. The predicted octanol–water partition coefficient (Wildman–Crippen LogP) is 6.33. The summed E-state index contributed by atoms with van der Waals surface area (Å²) in [4.78, 5) is 51.5. The Morgan fingerprint density at radius 2 is 1.52 bits per heavy atom. The van der Waals surface area contributed by atoms with Gasteiger partial charge in [0.2, 0.25) is 0 Å². The number of hydrogen-bond acceptors (Lipinski definition) is 9. The van der Waals surface area contributed by atoms with Crippen LogP contribution in [0.4, 0.5) is 0 Å². The quantitative estimate of drug-likeness (QED) is 0.116. The van der Waals surface area contributed by atoms with Crippen molar-refractivity contribution in [2.24, 2.45) is 0 Å². The number of fused-ring (bicyclic) bond motifs is 2. The zero-order valence-electron chi connectivity index (χ0n) is 35.7. The summed E-state index contributed by atoms with van der Waals surface area (Å²) in [6, 6.07) is 24.2. The summed E-state index contributed by atoms with van der Waals surface area (Å²) in [6.07, 6.45) is 4.07. The van der Waals surface area contributed by atoms with Gasteiger partial charge in [0.15, 0.2) is 5.69 Å². The molecule has 328 valence electrons. The molecule has 4 aromatic carbocycles. The third-order valence-corrected chi connectivity index (χ3v) is 13.8. The van der Waals surface area contributed by atoms with Crippen LogP contribution in [0.25, 0.3) is 16.5 Å². The van der Waals surface area contributed by atoms with Gasteiger partial charge in [-0.15, -0.1) is 0 Å². The summed E-state index contributed by atoms with van der Waals surface area (Å²) >= 11 is 6.94. The van der Waals surface area contributed by atoms with Crippen molar-refractivity contribution in [3.8, 4) is 5.69 Å². The van der Waals surface area contributed by atoms with Gasteiger partial charge in [-0.1, -0.05) is 92.9 Å². The number of sulfonamides is 1. The second-order valence-electron chi connectivity index (χ2n) is 16.3. The van der Waals surface area contributed by atoms with Crippen LogP contribution in [-0.2, 0) is 23.0 Å². The maximum absolute atomic E-state index is 15.4. The smallest absolute Gasteiger partial charge is 0.275 e. The Morgan fingerprint density at radius 3 is 2.21 bits per heavy atom. The van der Waals surface area contributed by atoms with Crippen LogP contribution >= 0.6 is 11.6 Å². The third kappa shape index (κ3) is 9.90. The van der Waals surface area contributed by atoms with Gasteiger partial charge in [0, 0.05) is 70.5 Å². The molecule has 7 rings (SSSR count). The van der Waals surface area contributed by atoms with E-state index in [1.54, 1.807) is 30.0 Å². The highest BCUT2D eigenvalue weighted by atomic mass is 35.5. The highest BCUT2D eigenvalue weighted by molar-refractivity contribution is 7.90. The SMILES string of the molecule is CCCCN(CCCC)C(=O)c1nn(-c2ccc(C(=O)NS(=O)(=O)c3ccc4ccccc4c3)cc2C(=O)N2Cc3ccccc3C[C@H]2CN2CCN(CCO)CC2)c(C)c1Cl. The van der Waals surface area contributed by atoms with Crippen molar-refractivity contribution in [1.29, 1.82) is 0 Å². The number of β-amino-alcohol motifs (C(OH)–C–C–N with tert-alkyl or cyclic N) is 1. The maximum atomic E-state index is 15.4. The van der Waals surface area contributed by atoms with E-state index in [4.69, 9.17) is 16.7 Å². The number of aliphatic hydroxyl groups is 1. The molecule has 13 nitrogen and oxygen atoms in total. The molecule has 3 amide bonds. The van der Waals surface area contributed by atoms with Crippen molar-refractivity contribution >= 4 is 50.1 Å². The zero-order valence-corrected chi connectivity index (χ0v) is 37.3. The summed E-state index contributed by atoms with van der Waals surface area (Å²) in [5.74, 6) is -1.58. The Hall–Kier alpha value is -5.12. The van der Waals surface area contributed by atoms with E-state index in [1.807, 2.05) is 41.3 Å². The van der Waals surface area contributed by atoms with E-state index in [0.29, 0.717) is 55.9 Å². The average Bonchev–Trinajstić information content (AvgIpc) is 3.58. The van der Waals surface area contributed by atoms with E-state index in [0.717, 1.165) is 68.4 Å². The number of amides is 3. The molecule has 2 N–H and O–H groups in total. The Labute approximate surface area is 369 Å². The van der Waals surface area contributed by atoms with Crippen molar-refractivity contribution < 1.29 is 27.9 Å². The van der Waals surface area contributed by atoms with E-state index in [1.165, 1.54) is 28.9 Å². The summed E-state index contributed by atoms with van der Waals surface area (Å²) in [5, 5.41) is 16.0. The number of nitrogens with one attached hydrogen (secondary N) is 1. The molecule has 1 aromatic heterocycles. The lowest BCUT2D eigenvalue weighted by Gasteiger charge is -2.42. The number of aromatic nitrogens is 2. The number of rotatable bonds is 16. The molecule has 62 heavy (non-hydrogen) atoms. The second kappa shape index (κ2) is 19.9. The van der Waals surface area contributed by atoms with Crippen LogP contribution in [0.5, 0.6) is 0 Å². The number of halogens is 1. The first kappa shape index (κ1) is 44.9. The van der Waals surface area contributed by atoms with Crippen LogP contribution in [0.3, 0.4) is 0 Å². The second-order valence-corrected chi connectivity index (χ2v) is 18.3. The van der Waals surface area contributed by atoms with Crippen molar-refractivity contribution in [3.63, 3.8) is 0 Å². The summed E-state index contributed by atoms with van der Waals surface area (Å²) < 4.78 is 31.0. The largest absolute Gasteiger partial charge is 0.395 e. The first-order chi connectivity index (χ1) is 29.9. The van der Waals surface area contributed by atoms with Crippen LogP contribution in [0.2, 0.25) is 5.02 Å². The van der Waals surface area contributed by atoms with Crippen molar-refractivity contribution in [1.82, 2.24) is 34.1 Å². The van der Waals surface area contributed by atoms with Gasteiger partial charge < -0.3 is 14.9 Å². The zero-order chi connectivity index (χ0) is 44.0. The average molecular weight is 883 g/mol. The minimum Gasteiger partial charge on any atom is -0.395 e. The molecule has 1 fully saturated rings. The lowest BCUT2D eigenvalue weighted by atomic mass is 9.92. The maximum Gasteiger partial charge on any atom is 0.275 e. The van der Waals surface area contributed by atoms with E-state index in [-0.39, 0.29) is 51.2 Å². The lowest BCUT2D eigenvalue weighted by Crippen LogP contribution is -2.54. The Morgan fingerprint density at radius 1 is 0.855 bits per heavy atom. The number of carbonyl (C=O) groups excluding carboxylic acids is 3. The van der Waals surface area contributed by atoms with Crippen LogP contribution in [0.1, 0.15) is 87.6 Å². The molecule has 0 aliphatic carbocycles. The molecule has 2 aliphatic heterocycles. The van der Waals surface area contributed by atoms with Crippen LogP contribution in [0, 0.1) is 6.92 Å². The number of hydrogen-bond donors (Lipinski definition) is 2. The minimum atomic E-state index is -4.32. The molecular weight excluding hydrogens is 826 g/mol. The molecule has 0 saturated carbocycles. The fraction of sp³-hybridized carbons (Fsp3) is 0.404. The monoisotopic (exact) mass is 881 g/mol. The number of benzene rings is 4.